The minimum atomic E-state index is -0.401. The summed E-state index contributed by atoms with van der Waals surface area (Å²) in [7, 11) is 3.34. The smallest absolute Gasteiger partial charge is 0.337 e. The second kappa shape index (κ2) is 8.74. The van der Waals surface area contributed by atoms with Gasteiger partial charge in [0.25, 0.3) is 0 Å². The Morgan fingerprint density at radius 2 is 1.89 bits per heavy atom. The molecule has 148 valence electrons. The number of fused-ring (bicyclic) bond motifs is 1. The van der Waals surface area contributed by atoms with Gasteiger partial charge in [0.1, 0.15) is 5.82 Å². The number of benzene rings is 2. The lowest BCUT2D eigenvalue weighted by molar-refractivity contribution is 0.0601. The van der Waals surface area contributed by atoms with E-state index in [1.807, 2.05) is 31.0 Å². The van der Waals surface area contributed by atoms with Gasteiger partial charge in [0.05, 0.1) is 36.6 Å². The van der Waals surface area contributed by atoms with E-state index in [1.54, 1.807) is 18.2 Å². The summed E-state index contributed by atoms with van der Waals surface area (Å²) in [6.07, 6.45) is 0. The minimum absolute atomic E-state index is 0.0542. The van der Waals surface area contributed by atoms with Crippen molar-refractivity contribution in [3.63, 3.8) is 0 Å². The van der Waals surface area contributed by atoms with Crippen LogP contribution in [-0.2, 0) is 11.3 Å². The Hall–Kier alpha value is -3.08. The molecular formula is C23H27FN2O2. The summed E-state index contributed by atoms with van der Waals surface area (Å²) in [5.41, 5.74) is 4.60. The molecule has 1 unspecified atom stereocenters. The summed E-state index contributed by atoms with van der Waals surface area (Å²) in [6, 6.07) is 10.5. The molecule has 1 aliphatic heterocycles. The third kappa shape index (κ3) is 3.79. The first-order valence-corrected chi connectivity index (χ1v) is 9.00. The molecule has 0 aromatic heterocycles. The Morgan fingerprint density at radius 3 is 2.50 bits per heavy atom. The number of nitrogens with zero attached hydrogens (tertiary/aromatic N) is 2. The highest BCUT2D eigenvalue weighted by Gasteiger charge is 2.30. The Morgan fingerprint density at radius 1 is 1.21 bits per heavy atom. The molecule has 1 heterocycles. The van der Waals surface area contributed by atoms with Crippen LogP contribution in [0.5, 0.6) is 0 Å². The molecule has 5 heteroatoms. The van der Waals surface area contributed by atoms with Gasteiger partial charge in [-0.3, -0.25) is 0 Å². The van der Waals surface area contributed by atoms with Crippen LogP contribution in [0, 0.1) is 12.7 Å². The van der Waals surface area contributed by atoms with Gasteiger partial charge in [-0.1, -0.05) is 18.7 Å². The summed E-state index contributed by atoms with van der Waals surface area (Å²) in [5.74, 6) is -0.642. The number of rotatable bonds is 3. The normalized spacial score (nSPS) is 15.5. The number of halogens is 1. The maximum atomic E-state index is 14.4. The van der Waals surface area contributed by atoms with Crippen LogP contribution in [0.4, 0.5) is 15.8 Å². The van der Waals surface area contributed by atoms with Gasteiger partial charge in [-0.2, -0.15) is 0 Å². The van der Waals surface area contributed by atoms with E-state index in [0.29, 0.717) is 17.7 Å². The fraction of sp³-hybridized carbons (Fsp3) is 0.261. The van der Waals surface area contributed by atoms with E-state index in [-0.39, 0.29) is 11.9 Å². The average molecular weight is 382 g/mol. The predicted molar refractivity (Wildman–Crippen MR) is 113 cm³/mol. The first-order valence-electron chi connectivity index (χ1n) is 9.00. The number of carbonyl (C=O) groups is 1. The second-order valence-electron chi connectivity index (χ2n) is 6.59. The number of anilines is 2. The maximum absolute atomic E-state index is 14.4. The van der Waals surface area contributed by atoms with Crippen LogP contribution in [0.3, 0.4) is 0 Å². The molecule has 2 aromatic rings. The summed E-state index contributed by atoms with van der Waals surface area (Å²) in [5, 5.41) is 0. The molecular weight excluding hydrogens is 355 g/mol. The summed E-state index contributed by atoms with van der Waals surface area (Å²) < 4.78 is 19.2. The highest BCUT2D eigenvalue weighted by molar-refractivity contribution is 5.93. The van der Waals surface area contributed by atoms with Gasteiger partial charge in [-0.15, -0.1) is 13.2 Å². The molecule has 0 saturated heterocycles. The number of likely N-dealkylation sites (N-methyl/N-ethyl adjacent to an activating group) is 1. The Bertz CT molecular complexity index is 874. The zero-order valence-electron chi connectivity index (χ0n) is 17.0. The SMILES string of the molecule is C=C.C=C1C(C)N(C)c2ccc(C(=O)OC)cc2N1Cc1c(C)cccc1F. The highest BCUT2D eigenvalue weighted by atomic mass is 19.1. The number of hydrogen-bond donors (Lipinski definition) is 0. The lowest BCUT2D eigenvalue weighted by atomic mass is 10.0. The standard InChI is InChI=1S/C21H23FN2O2.C2H4/c1-13-7-6-8-18(22)17(13)12-24-15(3)14(2)23(4)19-10-9-16(11-20(19)24)21(25)26-5;1-2/h6-11,14H,3,12H2,1-2,4-5H3;1-2H2. The van der Waals surface area contributed by atoms with Crippen molar-refractivity contribution in [2.75, 3.05) is 24.0 Å². The number of hydrogen-bond acceptors (Lipinski definition) is 4. The van der Waals surface area contributed by atoms with Gasteiger partial charge >= 0.3 is 5.97 Å². The van der Waals surface area contributed by atoms with Crippen LogP contribution < -0.4 is 9.80 Å². The van der Waals surface area contributed by atoms with Gasteiger partial charge in [0.15, 0.2) is 0 Å². The molecule has 0 saturated carbocycles. The number of aryl methyl sites for hydroxylation is 1. The van der Waals surface area contributed by atoms with Gasteiger partial charge in [-0.05, 0) is 43.7 Å². The maximum Gasteiger partial charge on any atom is 0.337 e. The summed E-state index contributed by atoms with van der Waals surface area (Å²) in [4.78, 5) is 16.0. The van der Waals surface area contributed by atoms with Gasteiger partial charge < -0.3 is 14.5 Å². The Labute approximate surface area is 166 Å². The first kappa shape index (κ1) is 21.2. The van der Waals surface area contributed by atoms with Gasteiger partial charge in [0, 0.05) is 18.3 Å². The van der Waals surface area contributed by atoms with E-state index in [4.69, 9.17) is 4.74 Å². The van der Waals surface area contributed by atoms with Crippen molar-refractivity contribution in [1.82, 2.24) is 0 Å². The van der Waals surface area contributed by atoms with Gasteiger partial charge in [-0.25, -0.2) is 9.18 Å². The van der Waals surface area contributed by atoms with Crippen LogP contribution in [0.25, 0.3) is 0 Å². The van der Waals surface area contributed by atoms with Crippen LogP contribution in [-0.4, -0.2) is 26.2 Å². The fourth-order valence-electron chi connectivity index (χ4n) is 3.31. The molecule has 0 spiro atoms. The van der Waals surface area contributed by atoms with Gasteiger partial charge in [0.2, 0.25) is 0 Å². The van der Waals surface area contributed by atoms with Crippen LogP contribution in [0.2, 0.25) is 0 Å². The van der Waals surface area contributed by atoms with Crippen molar-refractivity contribution in [2.24, 2.45) is 0 Å². The molecule has 0 amide bonds. The zero-order chi connectivity index (χ0) is 21.0. The topological polar surface area (TPSA) is 32.8 Å². The molecule has 0 N–H and O–H groups in total. The average Bonchev–Trinajstić information content (AvgIpc) is 2.71. The molecule has 0 radical (unpaired) electrons. The Balaban J connectivity index is 0.00000136. The minimum Gasteiger partial charge on any atom is -0.465 e. The summed E-state index contributed by atoms with van der Waals surface area (Å²) >= 11 is 0. The van der Waals surface area contributed by atoms with Crippen molar-refractivity contribution in [3.8, 4) is 0 Å². The second-order valence-corrected chi connectivity index (χ2v) is 6.59. The predicted octanol–water partition coefficient (Wildman–Crippen LogP) is 5.08. The third-order valence-electron chi connectivity index (χ3n) is 5.15. The van der Waals surface area contributed by atoms with E-state index >= 15 is 0 Å². The lowest BCUT2D eigenvalue weighted by Gasteiger charge is -2.43. The molecule has 4 nitrogen and oxygen atoms in total. The number of ether oxygens (including phenoxy) is 1. The number of esters is 1. The van der Waals surface area contributed by atoms with Crippen molar-refractivity contribution in [2.45, 2.75) is 26.4 Å². The molecule has 0 fully saturated rings. The first-order chi connectivity index (χ1) is 13.3. The molecule has 1 atom stereocenters. The number of carbonyl (C=O) groups excluding carboxylic acids is 1. The summed E-state index contributed by atoms with van der Waals surface area (Å²) in [6.45, 7) is 14.5. The van der Waals surface area contributed by atoms with E-state index < -0.39 is 5.97 Å². The number of methoxy groups -OCH3 is 1. The van der Waals surface area contributed by atoms with E-state index in [1.165, 1.54) is 13.2 Å². The fourth-order valence-corrected chi connectivity index (χ4v) is 3.31. The molecule has 3 rings (SSSR count). The molecule has 2 aromatic carbocycles. The third-order valence-corrected chi connectivity index (χ3v) is 5.15. The Kier molecular flexibility index (Phi) is 6.62. The van der Waals surface area contributed by atoms with Crippen LogP contribution in [0.15, 0.2) is 61.8 Å². The van der Waals surface area contributed by atoms with Crippen LogP contribution >= 0.6 is 0 Å². The quantitative estimate of drug-likeness (QED) is 0.547. The van der Waals surface area contributed by atoms with Crippen LogP contribution in [0.1, 0.15) is 28.4 Å². The molecule has 0 aliphatic carbocycles. The zero-order valence-corrected chi connectivity index (χ0v) is 17.0. The monoisotopic (exact) mass is 382 g/mol. The van der Waals surface area contributed by atoms with E-state index in [0.717, 1.165) is 22.6 Å². The van der Waals surface area contributed by atoms with Crippen molar-refractivity contribution < 1.29 is 13.9 Å². The van der Waals surface area contributed by atoms with E-state index in [9.17, 15) is 9.18 Å². The largest absolute Gasteiger partial charge is 0.465 e. The molecule has 0 bridgehead atoms. The van der Waals surface area contributed by atoms with Crippen molar-refractivity contribution in [3.05, 3.63) is 84.3 Å². The molecule has 28 heavy (non-hydrogen) atoms. The highest BCUT2D eigenvalue weighted by Crippen LogP contribution is 2.40. The van der Waals surface area contributed by atoms with E-state index in [2.05, 4.69) is 31.6 Å². The van der Waals surface area contributed by atoms with Crippen molar-refractivity contribution >= 4 is 17.3 Å². The molecule has 1 aliphatic rings. The lowest BCUT2D eigenvalue weighted by Crippen LogP contribution is -2.43. The van der Waals surface area contributed by atoms with Crippen molar-refractivity contribution in [1.29, 1.82) is 0 Å².